The Morgan fingerprint density at radius 3 is 2.55 bits per heavy atom. The number of alkyl halides is 1. The van der Waals surface area contributed by atoms with Crippen molar-refractivity contribution in [3.8, 4) is 0 Å². The van der Waals surface area contributed by atoms with E-state index in [1.165, 1.54) is 6.92 Å². The minimum Gasteiger partial charge on any atom is -0.479 e. The van der Waals surface area contributed by atoms with E-state index in [1.54, 1.807) is 0 Å². The van der Waals surface area contributed by atoms with Gasteiger partial charge in [0, 0.05) is 0 Å². The number of hydrogen-bond acceptors (Lipinski definition) is 4. The number of aliphatic carboxylic acids is 1. The van der Waals surface area contributed by atoms with Crippen LogP contribution in [-0.2, 0) is 14.3 Å². The monoisotopic (exact) mass is 182 g/mol. The maximum absolute atomic E-state index is 10.4. The molecule has 0 rings (SSSR count). The van der Waals surface area contributed by atoms with Gasteiger partial charge in [-0.2, -0.15) is 0 Å². The van der Waals surface area contributed by atoms with Gasteiger partial charge in [0.25, 0.3) is 0 Å². The van der Waals surface area contributed by atoms with Gasteiger partial charge in [-0.15, -0.1) is 0 Å². The molecule has 64 valence electrons. The Bertz CT molecular complexity index is 157. The molecule has 1 N–H and O–H groups in total. The van der Waals surface area contributed by atoms with Crippen molar-refractivity contribution < 1.29 is 24.2 Å². The summed E-state index contributed by atoms with van der Waals surface area (Å²) in [6, 6.07) is -0.356. The van der Waals surface area contributed by atoms with Crippen LogP contribution in [0.1, 0.15) is 6.92 Å². The Morgan fingerprint density at radius 1 is 1.64 bits per heavy atom. The van der Waals surface area contributed by atoms with Gasteiger partial charge in [0.1, 0.15) is 0 Å². The van der Waals surface area contributed by atoms with E-state index in [2.05, 4.69) is 9.47 Å². The van der Waals surface area contributed by atoms with Crippen molar-refractivity contribution in [1.82, 2.24) is 0 Å². The molecule has 0 saturated carbocycles. The van der Waals surface area contributed by atoms with Crippen LogP contribution < -0.4 is 0 Å². The molecule has 0 fully saturated rings. The van der Waals surface area contributed by atoms with Gasteiger partial charge in [-0.25, -0.2) is 9.59 Å². The van der Waals surface area contributed by atoms with Crippen molar-refractivity contribution in [2.24, 2.45) is 0 Å². The molecule has 0 saturated heterocycles. The highest BCUT2D eigenvalue weighted by Gasteiger charge is 2.16. The number of halogens is 1. The number of carbonyl (C=O) groups excluding carboxylic acids is 1. The molecule has 0 aromatic carbocycles. The van der Waals surface area contributed by atoms with Crippen molar-refractivity contribution in [2.45, 2.75) is 13.0 Å². The Kier molecular flexibility index (Phi) is 4.36. The predicted molar refractivity (Wildman–Crippen MR) is 35.4 cm³/mol. The van der Waals surface area contributed by atoms with E-state index in [9.17, 15) is 9.59 Å². The fourth-order valence-corrected chi connectivity index (χ4v) is 0.362. The van der Waals surface area contributed by atoms with E-state index < -0.39 is 18.2 Å². The predicted octanol–water partition coefficient (Wildman–Crippen LogP) is 0.809. The first-order chi connectivity index (χ1) is 5.07. The number of carboxylic acid groups (broad SMARTS) is 1. The van der Waals surface area contributed by atoms with Crippen LogP contribution in [0.15, 0.2) is 0 Å². The summed E-state index contributed by atoms with van der Waals surface area (Å²) in [5.74, 6) is -1.24. The van der Waals surface area contributed by atoms with Gasteiger partial charge in [-0.1, -0.05) is 11.6 Å². The second kappa shape index (κ2) is 4.79. The topological polar surface area (TPSA) is 72.8 Å². The minimum atomic E-state index is -1.24. The highest BCUT2D eigenvalue weighted by Crippen LogP contribution is 1.94. The Hall–Kier alpha value is -0.970. The maximum Gasteiger partial charge on any atom is 0.510 e. The Balaban J connectivity index is 3.66. The minimum absolute atomic E-state index is 0.356. The van der Waals surface area contributed by atoms with Gasteiger partial charge >= 0.3 is 12.1 Å². The van der Waals surface area contributed by atoms with Crippen LogP contribution in [-0.4, -0.2) is 29.4 Å². The van der Waals surface area contributed by atoms with E-state index in [0.29, 0.717) is 0 Å². The molecule has 0 aromatic rings. The fraction of sp³-hybridized carbons (Fsp3) is 0.600. The number of carbonyl (C=O) groups is 2. The first kappa shape index (κ1) is 10.0. The first-order valence-electron chi connectivity index (χ1n) is 2.70. The number of carboxylic acids is 1. The lowest BCUT2D eigenvalue weighted by Crippen LogP contribution is -2.23. The quantitative estimate of drug-likeness (QED) is 0.517. The van der Waals surface area contributed by atoms with Gasteiger partial charge in [0.15, 0.2) is 12.2 Å². The molecule has 0 bridgehead atoms. The van der Waals surface area contributed by atoms with Crippen LogP contribution in [0.4, 0.5) is 4.79 Å². The second-order valence-electron chi connectivity index (χ2n) is 1.60. The summed E-state index contributed by atoms with van der Waals surface area (Å²) < 4.78 is 8.31. The molecule has 0 aliphatic heterocycles. The first-order valence-corrected chi connectivity index (χ1v) is 3.23. The third-order valence-corrected chi connectivity index (χ3v) is 0.902. The summed E-state index contributed by atoms with van der Waals surface area (Å²) in [6.07, 6.45) is -2.30. The molecule has 0 amide bonds. The van der Waals surface area contributed by atoms with Crippen molar-refractivity contribution in [2.75, 3.05) is 6.07 Å². The van der Waals surface area contributed by atoms with Crippen molar-refractivity contribution in [3.63, 3.8) is 0 Å². The van der Waals surface area contributed by atoms with Crippen molar-refractivity contribution >= 4 is 23.7 Å². The van der Waals surface area contributed by atoms with Crippen LogP contribution in [0.5, 0.6) is 0 Å². The maximum atomic E-state index is 10.4. The summed E-state index contributed by atoms with van der Waals surface area (Å²) in [4.78, 5) is 20.4. The highest BCUT2D eigenvalue weighted by atomic mass is 35.5. The summed E-state index contributed by atoms with van der Waals surface area (Å²) in [5, 5.41) is 8.23. The molecular weight excluding hydrogens is 176 g/mol. The van der Waals surface area contributed by atoms with Gasteiger partial charge < -0.3 is 14.6 Å². The molecule has 0 spiro atoms. The largest absolute Gasteiger partial charge is 0.510 e. The molecule has 6 heteroatoms. The Morgan fingerprint density at radius 2 is 2.18 bits per heavy atom. The van der Waals surface area contributed by atoms with Crippen LogP contribution in [0, 0.1) is 0 Å². The van der Waals surface area contributed by atoms with Gasteiger partial charge in [-0.3, -0.25) is 0 Å². The zero-order valence-electron chi connectivity index (χ0n) is 5.74. The van der Waals surface area contributed by atoms with Crippen LogP contribution >= 0.6 is 11.6 Å². The third-order valence-electron chi connectivity index (χ3n) is 0.793. The standard InChI is InChI=1S/C5H7ClO5/c1-3(4(7)8)11-5(9)10-2-6/h3H,2H2,1H3,(H,7,8). The summed E-state index contributed by atoms with van der Waals surface area (Å²) in [7, 11) is 0. The van der Waals surface area contributed by atoms with Gasteiger partial charge in [-0.05, 0) is 6.92 Å². The summed E-state index contributed by atoms with van der Waals surface area (Å²) in [6.45, 7) is 1.21. The molecule has 0 aliphatic carbocycles. The highest BCUT2D eigenvalue weighted by molar-refractivity contribution is 6.17. The lowest BCUT2D eigenvalue weighted by molar-refractivity contribution is -0.147. The lowest BCUT2D eigenvalue weighted by Gasteiger charge is -2.06. The van der Waals surface area contributed by atoms with E-state index >= 15 is 0 Å². The molecule has 11 heavy (non-hydrogen) atoms. The average molecular weight is 183 g/mol. The molecule has 0 aromatic heterocycles. The molecule has 5 nitrogen and oxygen atoms in total. The fourth-order valence-electron chi connectivity index (χ4n) is 0.273. The zero-order valence-corrected chi connectivity index (χ0v) is 6.50. The molecule has 0 aliphatic rings. The molecule has 1 unspecified atom stereocenters. The smallest absolute Gasteiger partial charge is 0.479 e. The van der Waals surface area contributed by atoms with E-state index in [1.807, 2.05) is 0 Å². The van der Waals surface area contributed by atoms with Crippen LogP contribution in [0.3, 0.4) is 0 Å². The van der Waals surface area contributed by atoms with Crippen LogP contribution in [0.25, 0.3) is 0 Å². The summed E-state index contributed by atoms with van der Waals surface area (Å²) in [5.41, 5.74) is 0. The van der Waals surface area contributed by atoms with E-state index in [0.717, 1.165) is 0 Å². The normalized spacial score (nSPS) is 11.8. The SMILES string of the molecule is CC(OC(=O)OCCl)C(=O)O. The third kappa shape index (κ3) is 4.44. The number of hydrogen-bond donors (Lipinski definition) is 1. The Labute approximate surface area is 67.8 Å². The molecule has 0 radical (unpaired) electrons. The number of ether oxygens (including phenoxy) is 2. The summed E-state index contributed by atoms with van der Waals surface area (Å²) >= 11 is 4.99. The average Bonchev–Trinajstić information content (AvgIpc) is 1.87. The second-order valence-corrected chi connectivity index (χ2v) is 1.82. The molecule has 0 heterocycles. The van der Waals surface area contributed by atoms with Gasteiger partial charge in [0.2, 0.25) is 0 Å². The molecule has 1 atom stereocenters. The van der Waals surface area contributed by atoms with Gasteiger partial charge in [0.05, 0.1) is 0 Å². The van der Waals surface area contributed by atoms with E-state index in [4.69, 9.17) is 16.7 Å². The zero-order chi connectivity index (χ0) is 8.85. The van der Waals surface area contributed by atoms with E-state index in [-0.39, 0.29) is 6.07 Å². The lowest BCUT2D eigenvalue weighted by atomic mass is 10.4. The van der Waals surface area contributed by atoms with Crippen LogP contribution in [0.2, 0.25) is 0 Å². The van der Waals surface area contributed by atoms with Crippen molar-refractivity contribution in [1.29, 1.82) is 0 Å². The number of rotatable bonds is 3. The van der Waals surface area contributed by atoms with Crippen molar-refractivity contribution in [3.05, 3.63) is 0 Å². The molecular formula is C5H7ClO5.